The van der Waals surface area contributed by atoms with E-state index in [0.29, 0.717) is 0 Å². The van der Waals surface area contributed by atoms with Crippen LogP contribution in [0.5, 0.6) is 0 Å². The molecule has 0 amide bonds. The van der Waals surface area contributed by atoms with Gasteiger partial charge in [-0.05, 0) is 73.8 Å². The maximum Gasteiger partial charge on any atom is 0.0390 e. The molecule has 0 heterocycles. The average molecular weight is 396 g/mol. The van der Waals surface area contributed by atoms with Crippen molar-refractivity contribution in [2.24, 2.45) is 0 Å². The van der Waals surface area contributed by atoms with Crippen molar-refractivity contribution in [1.82, 2.24) is 0 Å². The van der Waals surface area contributed by atoms with Gasteiger partial charge in [0.1, 0.15) is 0 Å². The second-order valence-electron chi connectivity index (χ2n) is 7.96. The van der Waals surface area contributed by atoms with Gasteiger partial charge in [-0.15, -0.1) is 0 Å². The molecule has 0 fully saturated rings. The summed E-state index contributed by atoms with van der Waals surface area (Å²) in [5, 5.41) is 11.3. The zero-order valence-electron chi connectivity index (χ0n) is 17.0. The molecule has 6 rings (SSSR count). The van der Waals surface area contributed by atoms with Crippen molar-refractivity contribution >= 4 is 43.7 Å². The van der Waals surface area contributed by atoms with Crippen LogP contribution in [0.25, 0.3) is 43.4 Å². The van der Waals surface area contributed by atoms with Gasteiger partial charge < -0.3 is 5.32 Å². The molecule has 1 N–H and O–H groups in total. The van der Waals surface area contributed by atoms with Crippen LogP contribution < -0.4 is 5.32 Å². The van der Waals surface area contributed by atoms with Crippen LogP contribution in [-0.2, 0) is 0 Å². The van der Waals surface area contributed by atoms with E-state index in [1.54, 1.807) is 0 Å². The molecule has 0 radical (unpaired) electrons. The molecule has 1 heteroatoms. The van der Waals surface area contributed by atoms with Crippen molar-refractivity contribution in [1.29, 1.82) is 0 Å². The van der Waals surface area contributed by atoms with Crippen molar-refractivity contribution in [2.75, 3.05) is 5.32 Å². The van der Waals surface area contributed by atoms with Crippen LogP contribution in [0, 0.1) is 0 Å². The summed E-state index contributed by atoms with van der Waals surface area (Å²) < 4.78 is 0. The molecule has 6 aromatic rings. The highest BCUT2D eigenvalue weighted by Gasteiger charge is 2.08. The number of rotatable bonds is 3. The summed E-state index contributed by atoms with van der Waals surface area (Å²) in [5.41, 5.74) is 4.62. The van der Waals surface area contributed by atoms with Crippen molar-refractivity contribution in [2.45, 2.75) is 0 Å². The van der Waals surface area contributed by atoms with Crippen molar-refractivity contribution in [3.05, 3.63) is 121 Å². The Morgan fingerprint density at radius 1 is 0.387 bits per heavy atom. The monoisotopic (exact) mass is 395 g/mol. The van der Waals surface area contributed by atoms with E-state index >= 15 is 0 Å². The van der Waals surface area contributed by atoms with Gasteiger partial charge in [0.2, 0.25) is 0 Å². The van der Waals surface area contributed by atoms with Gasteiger partial charge in [0.25, 0.3) is 0 Å². The summed E-state index contributed by atoms with van der Waals surface area (Å²) in [5.74, 6) is 0. The Kier molecular flexibility index (Phi) is 4.18. The number of anilines is 2. The average Bonchev–Trinajstić information content (AvgIpc) is 2.84. The highest BCUT2D eigenvalue weighted by atomic mass is 14.9. The summed E-state index contributed by atoms with van der Waals surface area (Å²) in [6.45, 7) is 0. The van der Waals surface area contributed by atoms with Gasteiger partial charge in [0.15, 0.2) is 0 Å². The smallest absolute Gasteiger partial charge is 0.0390 e. The number of fused-ring (bicyclic) bond motifs is 5. The zero-order chi connectivity index (χ0) is 20.6. The molecular formula is C30H21N. The Balaban J connectivity index is 1.52. The molecule has 0 saturated carbocycles. The second kappa shape index (κ2) is 7.30. The minimum atomic E-state index is 1.09. The molecule has 0 unspecified atom stereocenters. The fourth-order valence-electron chi connectivity index (χ4n) is 4.47. The molecule has 146 valence electrons. The number of hydrogen-bond acceptors (Lipinski definition) is 1. The molecule has 0 aliphatic carbocycles. The van der Waals surface area contributed by atoms with E-state index in [4.69, 9.17) is 0 Å². The molecule has 0 saturated heterocycles. The standard InChI is InChI=1S/C30H21N/c1-2-9-26(10-3-1)31-27-11-6-8-24(19-27)25-18-15-22-14-17-23-16-13-21-7-4-5-12-28(21)30(23)29(22)20-25/h1-20,31H. The third-order valence-electron chi connectivity index (χ3n) is 5.98. The zero-order valence-corrected chi connectivity index (χ0v) is 17.0. The summed E-state index contributed by atoms with van der Waals surface area (Å²) in [7, 11) is 0. The Morgan fingerprint density at radius 3 is 1.90 bits per heavy atom. The Bertz CT molecular complexity index is 1540. The summed E-state index contributed by atoms with van der Waals surface area (Å²) in [4.78, 5) is 0. The molecule has 0 aliphatic rings. The molecule has 0 atom stereocenters. The lowest BCUT2D eigenvalue weighted by Crippen LogP contribution is -1.90. The van der Waals surface area contributed by atoms with Gasteiger partial charge in [-0.1, -0.05) is 91.0 Å². The van der Waals surface area contributed by atoms with E-state index in [1.165, 1.54) is 43.4 Å². The maximum absolute atomic E-state index is 3.51. The fourth-order valence-corrected chi connectivity index (χ4v) is 4.47. The van der Waals surface area contributed by atoms with Crippen LogP contribution in [0.3, 0.4) is 0 Å². The predicted octanol–water partition coefficient (Wildman–Crippen LogP) is 8.56. The second-order valence-corrected chi connectivity index (χ2v) is 7.96. The quantitative estimate of drug-likeness (QED) is 0.296. The largest absolute Gasteiger partial charge is 0.356 e. The van der Waals surface area contributed by atoms with Crippen LogP contribution in [-0.4, -0.2) is 0 Å². The Morgan fingerprint density at radius 2 is 1.03 bits per heavy atom. The number of nitrogens with one attached hydrogen (secondary N) is 1. The van der Waals surface area contributed by atoms with Gasteiger partial charge in [-0.25, -0.2) is 0 Å². The van der Waals surface area contributed by atoms with Gasteiger partial charge in [0, 0.05) is 11.4 Å². The SMILES string of the molecule is c1ccc(Nc2cccc(-c3ccc4ccc5ccc6ccccc6c5c4c3)c2)cc1. The van der Waals surface area contributed by atoms with E-state index < -0.39 is 0 Å². The molecular weight excluding hydrogens is 374 g/mol. The summed E-state index contributed by atoms with van der Waals surface area (Å²) in [6.07, 6.45) is 0. The van der Waals surface area contributed by atoms with E-state index in [2.05, 4.69) is 108 Å². The maximum atomic E-state index is 3.51. The van der Waals surface area contributed by atoms with Crippen molar-refractivity contribution < 1.29 is 0 Å². The van der Waals surface area contributed by atoms with Crippen LogP contribution in [0.1, 0.15) is 0 Å². The van der Waals surface area contributed by atoms with E-state index in [9.17, 15) is 0 Å². The highest BCUT2D eigenvalue weighted by Crippen LogP contribution is 2.35. The molecule has 0 aliphatic heterocycles. The van der Waals surface area contributed by atoms with Crippen LogP contribution >= 0.6 is 0 Å². The van der Waals surface area contributed by atoms with E-state index in [-0.39, 0.29) is 0 Å². The third kappa shape index (κ3) is 3.21. The first kappa shape index (κ1) is 17.7. The summed E-state index contributed by atoms with van der Waals surface area (Å²) in [6, 6.07) is 43.3. The van der Waals surface area contributed by atoms with Crippen molar-refractivity contribution in [3.63, 3.8) is 0 Å². The van der Waals surface area contributed by atoms with Gasteiger partial charge in [-0.2, -0.15) is 0 Å². The summed E-state index contributed by atoms with van der Waals surface area (Å²) >= 11 is 0. The first-order chi connectivity index (χ1) is 15.3. The number of para-hydroxylation sites is 1. The predicted molar refractivity (Wildman–Crippen MR) is 134 cm³/mol. The number of hydrogen-bond donors (Lipinski definition) is 1. The van der Waals surface area contributed by atoms with Crippen LogP contribution in [0.15, 0.2) is 121 Å². The molecule has 0 bridgehead atoms. The number of benzene rings is 6. The lowest BCUT2D eigenvalue weighted by molar-refractivity contribution is 1.54. The molecule has 0 spiro atoms. The first-order valence-corrected chi connectivity index (χ1v) is 10.6. The normalized spacial score (nSPS) is 11.2. The minimum Gasteiger partial charge on any atom is -0.356 e. The third-order valence-corrected chi connectivity index (χ3v) is 5.98. The molecule has 31 heavy (non-hydrogen) atoms. The van der Waals surface area contributed by atoms with Crippen molar-refractivity contribution in [3.8, 4) is 11.1 Å². The fraction of sp³-hybridized carbons (Fsp3) is 0. The van der Waals surface area contributed by atoms with Gasteiger partial charge in [0.05, 0.1) is 0 Å². The lowest BCUT2D eigenvalue weighted by Gasteiger charge is -2.12. The molecule has 0 aromatic heterocycles. The van der Waals surface area contributed by atoms with Gasteiger partial charge >= 0.3 is 0 Å². The molecule has 1 nitrogen and oxygen atoms in total. The van der Waals surface area contributed by atoms with E-state index in [0.717, 1.165) is 11.4 Å². The van der Waals surface area contributed by atoms with Crippen LogP contribution in [0.4, 0.5) is 11.4 Å². The molecule has 6 aromatic carbocycles. The van der Waals surface area contributed by atoms with E-state index in [1.807, 2.05) is 18.2 Å². The van der Waals surface area contributed by atoms with Gasteiger partial charge in [-0.3, -0.25) is 0 Å². The Labute approximate surface area is 181 Å². The highest BCUT2D eigenvalue weighted by molar-refractivity contribution is 6.20. The lowest BCUT2D eigenvalue weighted by atomic mass is 9.94. The first-order valence-electron chi connectivity index (χ1n) is 10.6. The van der Waals surface area contributed by atoms with Crippen LogP contribution in [0.2, 0.25) is 0 Å². The Hall–Kier alpha value is -4.10. The minimum absolute atomic E-state index is 1.09. The topological polar surface area (TPSA) is 12.0 Å².